The Hall–Kier alpha value is -5.19. The van der Waals surface area contributed by atoms with Gasteiger partial charge in [0.25, 0.3) is 11.1 Å². The van der Waals surface area contributed by atoms with Crippen LogP contribution in [0, 0.1) is 13.8 Å². The number of hydrogen-bond acceptors (Lipinski definition) is 25. The van der Waals surface area contributed by atoms with E-state index in [0.717, 1.165) is 24.5 Å². The normalized spacial score (nSPS) is 30.3. The van der Waals surface area contributed by atoms with E-state index in [1.54, 1.807) is 0 Å². The lowest BCUT2D eigenvalue weighted by Gasteiger charge is -2.25. The van der Waals surface area contributed by atoms with Gasteiger partial charge in [-0.2, -0.15) is 9.97 Å². The van der Waals surface area contributed by atoms with Crippen LogP contribution in [0.5, 0.6) is 0 Å². The lowest BCUT2D eigenvalue weighted by molar-refractivity contribution is -0.0640. The van der Waals surface area contributed by atoms with Crippen molar-refractivity contribution in [3.05, 3.63) is 111 Å². The highest BCUT2D eigenvalue weighted by molar-refractivity contribution is 7.48. The summed E-state index contributed by atoms with van der Waals surface area (Å²) >= 11 is 0. The molecule has 4 aromatic heterocycles. The number of nitrogen functional groups attached to an aromatic ring is 2. The van der Waals surface area contributed by atoms with Crippen molar-refractivity contribution in [3.63, 3.8) is 0 Å². The van der Waals surface area contributed by atoms with E-state index in [9.17, 15) is 67.4 Å². The first-order chi connectivity index (χ1) is 35.3. The molecule has 8 rings (SSSR count). The number of phosphoric acid groups is 3. The molecule has 4 fully saturated rings. The van der Waals surface area contributed by atoms with Gasteiger partial charge in [-0.1, -0.05) is 0 Å². The predicted molar refractivity (Wildman–Crippen MR) is 247 cm³/mol. The fourth-order valence-electron chi connectivity index (χ4n) is 8.44. The first-order valence-electron chi connectivity index (χ1n) is 22.5. The van der Waals surface area contributed by atoms with Crippen LogP contribution in [-0.2, 0) is 59.8 Å². The number of aryl methyl sites for hydroxylation is 2. The molecule has 4 aliphatic rings. The summed E-state index contributed by atoms with van der Waals surface area (Å²) in [6.07, 6.45) is -13.3. The Morgan fingerprint density at radius 3 is 1.33 bits per heavy atom. The van der Waals surface area contributed by atoms with Crippen molar-refractivity contribution in [1.82, 2.24) is 38.2 Å². The molecule has 0 bridgehead atoms. The van der Waals surface area contributed by atoms with Gasteiger partial charge in [0.2, 0.25) is 0 Å². The zero-order valence-electron chi connectivity index (χ0n) is 39.2. The number of rotatable bonds is 20. The number of nitrogens with two attached hydrogens (primary N) is 2. The maximum absolute atomic E-state index is 13.8. The number of aliphatic hydroxyl groups is 2. The van der Waals surface area contributed by atoms with Crippen LogP contribution in [0.1, 0.15) is 61.7 Å². The molecule has 0 aliphatic carbocycles. The standard InChI is InChI=1S/C38H51N10O24P3/c1-17-11-47(37(55)43-33(17)51)29-7-19(50)24(67-29)14-63-73(57,58)72-22-10-32(48-12-18(2)34(52)44-38(48)56)69-26(22)16-65-75(61,62)71-21-9-31(46-6-4-28(40)42-36(46)54)68-25(21)15-64-74(59,60)70-20-8-30(66-23(20)13-49)45-5-3-27(39)41-35(45)53/h3-6,11-12,19-26,29-32,49-50H,7-10,13-16H2,1-2H3,(H,57,58)(H,59,60)(H,61,62)(H2,39,41,53)(H2,40,42,54)(H,43,51,55)(H,44,52,56)/t19-,20-,21-,22-,23+,24+,25+,26+,29+,30+,31+,32+/m0/s1. The highest BCUT2D eigenvalue weighted by Crippen LogP contribution is 2.53. The summed E-state index contributed by atoms with van der Waals surface area (Å²) in [6.45, 7) is -0.672. The van der Waals surface area contributed by atoms with Gasteiger partial charge in [-0.15, -0.1) is 0 Å². The van der Waals surface area contributed by atoms with E-state index < -0.39 is 170 Å². The average molecular weight is 1120 g/mol. The molecule has 4 aromatic rings. The van der Waals surface area contributed by atoms with Gasteiger partial charge in [0.05, 0.1) is 32.5 Å². The second-order valence-electron chi connectivity index (χ2n) is 17.5. The van der Waals surface area contributed by atoms with Crippen LogP contribution in [0.2, 0.25) is 0 Å². The molecule has 0 spiro atoms. The van der Waals surface area contributed by atoms with Crippen molar-refractivity contribution < 1.29 is 84.7 Å². The average Bonchev–Trinajstić information content (AvgIpc) is 4.11. The van der Waals surface area contributed by atoms with E-state index in [4.69, 9.17) is 57.6 Å². The molecule has 75 heavy (non-hydrogen) atoms. The van der Waals surface area contributed by atoms with Crippen molar-refractivity contribution in [2.75, 3.05) is 37.9 Å². The van der Waals surface area contributed by atoms with Gasteiger partial charge in [0.1, 0.15) is 79.3 Å². The molecule has 8 heterocycles. The first-order valence-corrected chi connectivity index (χ1v) is 27.0. The highest BCUT2D eigenvalue weighted by Gasteiger charge is 2.48. The third kappa shape index (κ3) is 13.3. The monoisotopic (exact) mass is 1120 g/mol. The summed E-state index contributed by atoms with van der Waals surface area (Å²) in [4.78, 5) is 119. The summed E-state index contributed by atoms with van der Waals surface area (Å²) in [5.74, 6) is -0.251. The molecule has 0 saturated carbocycles. The van der Waals surface area contributed by atoms with Gasteiger partial charge >= 0.3 is 46.2 Å². The van der Waals surface area contributed by atoms with Gasteiger partial charge in [-0.25, -0.2) is 32.9 Å². The minimum Gasteiger partial charge on any atom is -0.394 e. The maximum Gasteiger partial charge on any atom is 0.472 e. The topological polar surface area (TPSA) is 476 Å². The second kappa shape index (κ2) is 22.4. The highest BCUT2D eigenvalue weighted by atomic mass is 31.2. The van der Waals surface area contributed by atoms with E-state index >= 15 is 0 Å². The number of ether oxygens (including phenoxy) is 4. The Balaban J connectivity index is 0.951. The van der Waals surface area contributed by atoms with E-state index in [0.29, 0.717) is 0 Å². The SMILES string of the molecule is Cc1cn([C@H]2C[C@H](OP(=O)(O)OC[C@H]3O[C@@H](n4cc(C)c(=O)[nH]c4=O)C[C@@H]3O)[C@@H](COP(=O)(O)O[C@H]3C[C@H](n4ccc(N)nc4=O)O[C@@H]3COP(=O)(O)O[C@H]3C[C@H](n4ccc(N)nc4=O)O[C@@H]3CO)O2)c(=O)[nH]c1=O. The number of phosphoric ester groups is 3. The van der Waals surface area contributed by atoms with E-state index in [2.05, 4.69) is 19.9 Å². The number of aliphatic hydroxyl groups excluding tert-OH is 2. The van der Waals surface area contributed by atoms with Crippen molar-refractivity contribution in [2.24, 2.45) is 0 Å². The fraction of sp³-hybridized carbons (Fsp3) is 0.579. The molecule has 412 valence electrons. The number of aromatic nitrogens is 8. The molecule has 3 unspecified atom stereocenters. The quantitative estimate of drug-likeness (QED) is 0.0410. The molecular formula is C38H51N10O24P3. The number of nitrogens with zero attached hydrogens (tertiary/aromatic N) is 6. The molecule has 15 atom stereocenters. The summed E-state index contributed by atoms with van der Waals surface area (Å²) in [5.41, 5.74) is 6.43. The minimum absolute atomic E-state index is 0.0462. The Labute approximate surface area is 419 Å². The van der Waals surface area contributed by atoms with Gasteiger partial charge in [0, 0.05) is 61.6 Å². The van der Waals surface area contributed by atoms with Gasteiger partial charge in [-0.3, -0.25) is 65.0 Å². The van der Waals surface area contributed by atoms with Crippen LogP contribution in [0.15, 0.2) is 65.7 Å². The molecule has 37 heteroatoms. The number of hydrogen-bond donors (Lipinski definition) is 9. The van der Waals surface area contributed by atoms with Gasteiger partial charge in [0.15, 0.2) is 0 Å². The zero-order chi connectivity index (χ0) is 54.3. The molecular weight excluding hydrogens is 1070 g/mol. The van der Waals surface area contributed by atoms with Crippen LogP contribution in [0.3, 0.4) is 0 Å². The summed E-state index contributed by atoms with van der Waals surface area (Å²) in [6, 6.07) is 2.53. The third-order valence-electron chi connectivity index (χ3n) is 12.2. The Bertz CT molecular complexity index is 3280. The van der Waals surface area contributed by atoms with Crippen molar-refractivity contribution in [1.29, 1.82) is 0 Å². The molecule has 4 saturated heterocycles. The lowest BCUT2D eigenvalue weighted by Crippen LogP contribution is -2.33. The van der Waals surface area contributed by atoms with Crippen LogP contribution in [-0.4, -0.2) is 138 Å². The second-order valence-corrected chi connectivity index (χ2v) is 21.7. The number of aromatic amines is 2. The summed E-state index contributed by atoms with van der Waals surface area (Å²) < 4.78 is 99.6. The Kier molecular flexibility index (Phi) is 16.7. The number of nitrogens with one attached hydrogen (secondary N) is 2. The van der Waals surface area contributed by atoms with E-state index in [-0.39, 0.29) is 35.6 Å². The number of anilines is 2. The Morgan fingerprint density at radius 1 is 0.587 bits per heavy atom. The smallest absolute Gasteiger partial charge is 0.394 e. The maximum atomic E-state index is 13.8. The predicted octanol–water partition coefficient (Wildman–Crippen LogP) is -2.61. The molecule has 34 nitrogen and oxygen atoms in total. The largest absolute Gasteiger partial charge is 0.472 e. The molecule has 11 N–H and O–H groups in total. The van der Waals surface area contributed by atoms with Crippen LogP contribution in [0.25, 0.3) is 0 Å². The lowest BCUT2D eigenvalue weighted by atomic mass is 10.2. The van der Waals surface area contributed by atoms with Crippen LogP contribution >= 0.6 is 23.5 Å². The molecule has 4 aliphatic heterocycles. The first kappa shape index (κ1) is 56.0. The molecule has 0 amide bonds. The van der Waals surface area contributed by atoms with Crippen LogP contribution < -0.4 is 45.3 Å². The van der Waals surface area contributed by atoms with E-state index in [1.165, 1.54) is 44.6 Å². The van der Waals surface area contributed by atoms with Crippen molar-refractivity contribution in [3.8, 4) is 0 Å². The van der Waals surface area contributed by atoms with E-state index in [1.807, 2.05) is 0 Å². The number of H-pyrrole nitrogens is 2. The molecule has 0 aromatic carbocycles. The third-order valence-corrected chi connectivity index (χ3v) is 15.2. The Morgan fingerprint density at radius 2 is 0.933 bits per heavy atom. The van der Waals surface area contributed by atoms with Crippen molar-refractivity contribution in [2.45, 2.75) is 113 Å². The summed E-state index contributed by atoms with van der Waals surface area (Å²) in [5, 5.41) is 20.6. The van der Waals surface area contributed by atoms with Gasteiger partial charge in [-0.05, 0) is 26.0 Å². The summed E-state index contributed by atoms with van der Waals surface area (Å²) in [7, 11) is -15.8. The zero-order valence-corrected chi connectivity index (χ0v) is 41.9. The molecule has 0 radical (unpaired) electrons. The van der Waals surface area contributed by atoms with Gasteiger partial charge < -0.3 is 55.3 Å². The minimum atomic E-state index is -5.39. The van der Waals surface area contributed by atoms with Crippen LogP contribution in [0.4, 0.5) is 11.6 Å². The fourth-order valence-corrected chi connectivity index (χ4v) is 11.3. The van der Waals surface area contributed by atoms with Crippen molar-refractivity contribution >= 4 is 35.1 Å².